The molecular formula is C19H18N4O3S. The van der Waals surface area contributed by atoms with E-state index in [1.165, 1.54) is 34.3 Å². The molecule has 3 aromatic heterocycles. The van der Waals surface area contributed by atoms with Crippen LogP contribution in [0.25, 0.3) is 11.3 Å². The number of nitrogens with one attached hydrogen (secondary N) is 2. The Morgan fingerprint density at radius 3 is 2.78 bits per heavy atom. The quantitative estimate of drug-likeness (QED) is 0.536. The topological polar surface area (TPSA) is 97.1 Å². The fourth-order valence-electron chi connectivity index (χ4n) is 3.05. The number of thiophene rings is 1. The van der Waals surface area contributed by atoms with E-state index < -0.39 is 5.91 Å². The Hall–Kier alpha value is -3.00. The van der Waals surface area contributed by atoms with Crippen LogP contribution >= 0.6 is 11.3 Å². The average Bonchev–Trinajstić information content (AvgIpc) is 3.29. The lowest BCUT2D eigenvalue weighted by molar-refractivity contribution is 0.0843. The molecule has 0 fully saturated rings. The fraction of sp³-hybridized carbons (Fsp3) is 0.263. The van der Waals surface area contributed by atoms with Crippen molar-refractivity contribution in [1.29, 1.82) is 0 Å². The van der Waals surface area contributed by atoms with Gasteiger partial charge in [0.15, 0.2) is 11.5 Å². The number of hydrogen-bond donors (Lipinski definition) is 2. The maximum Gasteiger partial charge on any atom is 0.291 e. The number of pyridine rings is 1. The van der Waals surface area contributed by atoms with Crippen molar-refractivity contribution in [1.82, 2.24) is 21.0 Å². The molecule has 0 spiro atoms. The number of carbonyl (C=O) groups is 2. The smallest absolute Gasteiger partial charge is 0.291 e. The van der Waals surface area contributed by atoms with Gasteiger partial charge in [0, 0.05) is 28.9 Å². The minimum Gasteiger partial charge on any atom is -0.355 e. The van der Waals surface area contributed by atoms with E-state index in [4.69, 9.17) is 4.52 Å². The summed E-state index contributed by atoms with van der Waals surface area (Å²) >= 11 is 1.50. The molecule has 0 aliphatic heterocycles. The molecule has 2 N–H and O–H groups in total. The molecule has 7 nitrogen and oxygen atoms in total. The second-order valence-electron chi connectivity index (χ2n) is 6.35. The highest BCUT2D eigenvalue weighted by Crippen LogP contribution is 2.28. The molecule has 0 atom stereocenters. The number of rotatable bonds is 3. The predicted octanol–water partition coefficient (Wildman–Crippen LogP) is 3.14. The summed E-state index contributed by atoms with van der Waals surface area (Å²) in [6, 6.07) is 7.01. The van der Waals surface area contributed by atoms with E-state index in [0.29, 0.717) is 16.2 Å². The minimum atomic E-state index is -0.541. The molecule has 0 radical (unpaired) electrons. The highest BCUT2D eigenvalue weighted by atomic mass is 32.1. The van der Waals surface area contributed by atoms with Crippen LogP contribution in [0, 0.1) is 0 Å². The van der Waals surface area contributed by atoms with Crippen molar-refractivity contribution < 1.29 is 14.1 Å². The lowest BCUT2D eigenvalue weighted by Gasteiger charge is -2.03. The molecular weight excluding hydrogens is 364 g/mol. The largest absolute Gasteiger partial charge is 0.355 e. The van der Waals surface area contributed by atoms with Crippen molar-refractivity contribution >= 4 is 23.2 Å². The van der Waals surface area contributed by atoms with Crippen molar-refractivity contribution in [3.8, 4) is 11.3 Å². The van der Waals surface area contributed by atoms with E-state index in [-0.39, 0.29) is 11.6 Å². The van der Waals surface area contributed by atoms with Crippen LogP contribution in [0.3, 0.4) is 0 Å². The normalized spacial score (nSPS) is 13.5. The Morgan fingerprint density at radius 1 is 1.07 bits per heavy atom. The summed E-state index contributed by atoms with van der Waals surface area (Å²) in [5.74, 6) is -0.431. The van der Waals surface area contributed by atoms with Crippen LogP contribution in [0.2, 0.25) is 0 Å². The molecule has 27 heavy (non-hydrogen) atoms. The SMILES string of the molecule is O=C(NNC(=O)c1cc2c(s1)CCCCC2)c1cc(-c2cccnc2)on1. The Morgan fingerprint density at radius 2 is 1.93 bits per heavy atom. The van der Waals surface area contributed by atoms with Gasteiger partial charge in [-0.05, 0) is 49.4 Å². The zero-order chi connectivity index (χ0) is 18.6. The highest BCUT2D eigenvalue weighted by molar-refractivity contribution is 7.14. The number of aromatic nitrogens is 2. The van der Waals surface area contributed by atoms with Crippen LogP contribution < -0.4 is 10.9 Å². The van der Waals surface area contributed by atoms with Gasteiger partial charge in [-0.1, -0.05) is 11.6 Å². The zero-order valence-corrected chi connectivity index (χ0v) is 15.3. The van der Waals surface area contributed by atoms with Crippen molar-refractivity contribution in [2.75, 3.05) is 0 Å². The number of hydrogen-bond acceptors (Lipinski definition) is 6. The lowest BCUT2D eigenvalue weighted by atomic mass is 10.1. The lowest BCUT2D eigenvalue weighted by Crippen LogP contribution is -2.41. The Labute approximate surface area is 159 Å². The second kappa shape index (κ2) is 7.71. The Bertz CT molecular complexity index is 941. The Kier molecular flexibility index (Phi) is 4.97. The van der Waals surface area contributed by atoms with Crippen molar-refractivity contribution in [3.63, 3.8) is 0 Å². The number of hydrazine groups is 1. The van der Waals surface area contributed by atoms with Gasteiger partial charge in [-0.15, -0.1) is 11.3 Å². The first-order chi connectivity index (χ1) is 13.2. The third-order valence-corrected chi connectivity index (χ3v) is 5.68. The van der Waals surface area contributed by atoms with Gasteiger partial charge in [0.05, 0.1) is 4.88 Å². The molecule has 1 aliphatic rings. The van der Waals surface area contributed by atoms with E-state index in [2.05, 4.69) is 21.0 Å². The van der Waals surface area contributed by atoms with Crippen LogP contribution in [0.15, 0.2) is 41.2 Å². The zero-order valence-electron chi connectivity index (χ0n) is 14.5. The molecule has 8 heteroatoms. The number of nitrogens with zero attached hydrogens (tertiary/aromatic N) is 2. The first kappa shape index (κ1) is 17.4. The standard InChI is InChI=1S/C19H18N4O3S/c24-18(14-10-15(26-23-14)13-6-4-8-20-11-13)21-22-19(25)17-9-12-5-2-1-3-7-16(12)27-17/h4,6,8-11H,1-3,5,7H2,(H,21,24)(H,22,25). The number of carbonyl (C=O) groups excluding carboxylic acids is 2. The van der Waals surface area contributed by atoms with Gasteiger partial charge in [-0.2, -0.15) is 0 Å². The van der Waals surface area contributed by atoms with E-state index >= 15 is 0 Å². The van der Waals surface area contributed by atoms with Crippen molar-refractivity contribution in [2.45, 2.75) is 32.1 Å². The number of amides is 2. The summed E-state index contributed by atoms with van der Waals surface area (Å²) in [5, 5.41) is 3.74. The molecule has 0 unspecified atom stereocenters. The van der Waals surface area contributed by atoms with Gasteiger partial charge in [0.25, 0.3) is 11.8 Å². The van der Waals surface area contributed by atoms with Gasteiger partial charge >= 0.3 is 0 Å². The van der Waals surface area contributed by atoms with Gasteiger partial charge in [0.1, 0.15) is 0 Å². The summed E-state index contributed by atoms with van der Waals surface area (Å²) in [5.41, 5.74) is 6.89. The Balaban J connectivity index is 1.38. The monoisotopic (exact) mass is 382 g/mol. The maximum atomic E-state index is 12.3. The molecule has 2 amide bonds. The molecule has 0 bridgehead atoms. The van der Waals surface area contributed by atoms with Gasteiger partial charge in [-0.3, -0.25) is 25.4 Å². The first-order valence-corrected chi connectivity index (χ1v) is 9.62. The van der Waals surface area contributed by atoms with Crippen LogP contribution in [0.1, 0.15) is 49.9 Å². The molecule has 0 aromatic carbocycles. The maximum absolute atomic E-state index is 12.3. The highest BCUT2D eigenvalue weighted by Gasteiger charge is 2.18. The molecule has 1 aliphatic carbocycles. The molecule has 4 rings (SSSR count). The fourth-order valence-corrected chi connectivity index (χ4v) is 4.19. The van der Waals surface area contributed by atoms with Crippen LogP contribution in [-0.4, -0.2) is 22.0 Å². The van der Waals surface area contributed by atoms with E-state index in [9.17, 15) is 9.59 Å². The molecule has 3 heterocycles. The summed E-state index contributed by atoms with van der Waals surface area (Å²) in [4.78, 5) is 30.4. The third kappa shape index (κ3) is 3.90. The van der Waals surface area contributed by atoms with E-state index in [1.54, 1.807) is 24.5 Å². The number of aryl methyl sites for hydroxylation is 2. The van der Waals surface area contributed by atoms with Crippen molar-refractivity contribution in [3.05, 3.63) is 57.7 Å². The molecule has 138 valence electrons. The summed E-state index contributed by atoms with van der Waals surface area (Å²) in [6.07, 6.45) is 8.86. The van der Waals surface area contributed by atoms with Crippen LogP contribution in [-0.2, 0) is 12.8 Å². The van der Waals surface area contributed by atoms with Crippen molar-refractivity contribution in [2.24, 2.45) is 0 Å². The number of fused-ring (bicyclic) bond motifs is 1. The van der Waals surface area contributed by atoms with Gasteiger partial charge < -0.3 is 4.52 Å². The van der Waals surface area contributed by atoms with Gasteiger partial charge in [0.2, 0.25) is 0 Å². The second-order valence-corrected chi connectivity index (χ2v) is 7.48. The van der Waals surface area contributed by atoms with E-state index in [1.807, 2.05) is 6.07 Å². The first-order valence-electron chi connectivity index (χ1n) is 8.80. The van der Waals surface area contributed by atoms with Crippen LogP contribution in [0.4, 0.5) is 0 Å². The predicted molar refractivity (Wildman–Crippen MR) is 100 cm³/mol. The molecule has 3 aromatic rings. The minimum absolute atomic E-state index is 0.0797. The van der Waals surface area contributed by atoms with E-state index in [0.717, 1.165) is 25.7 Å². The van der Waals surface area contributed by atoms with Gasteiger partial charge in [-0.25, -0.2) is 0 Å². The van der Waals surface area contributed by atoms with Crippen LogP contribution in [0.5, 0.6) is 0 Å². The summed E-state index contributed by atoms with van der Waals surface area (Å²) in [7, 11) is 0. The molecule has 0 saturated carbocycles. The average molecular weight is 382 g/mol. The third-order valence-electron chi connectivity index (χ3n) is 4.45. The summed E-state index contributed by atoms with van der Waals surface area (Å²) < 4.78 is 5.17. The molecule has 0 saturated heterocycles. The summed E-state index contributed by atoms with van der Waals surface area (Å²) in [6.45, 7) is 0.